The van der Waals surface area contributed by atoms with Gasteiger partial charge >= 0.3 is 5.97 Å². The molecule has 0 saturated carbocycles. The number of nitrogens with zero attached hydrogens (tertiary/aromatic N) is 2. The summed E-state index contributed by atoms with van der Waals surface area (Å²) in [5.74, 6) is -0.446. The minimum Gasteiger partial charge on any atom is -0.459 e. The Morgan fingerprint density at radius 1 is 1.12 bits per heavy atom. The number of ether oxygens (including phenoxy) is 1. The first-order valence-corrected chi connectivity index (χ1v) is 12.8. The van der Waals surface area contributed by atoms with E-state index in [1.807, 2.05) is 81.6 Å². The zero-order chi connectivity index (χ0) is 23.7. The third kappa shape index (κ3) is 4.75. The molecule has 1 atom stereocenters. The largest absolute Gasteiger partial charge is 0.459 e. The molecule has 2 heterocycles. The Morgan fingerprint density at radius 2 is 1.79 bits per heavy atom. The first kappa shape index (κ1) is 23.3. The van der Waals surface area contributed by atoms with E-state index >= 15 is 0 Å². The van der Waals surface area contributed by atoms with Gasteiger partial charge in [-0.2, -0.15) is 0 Å². The van der Waals surface area contributed by atoms with Crippen molar-refractivity contribution in [2.75, 3.05) is 6.26 Å². The van der Waals surface area contributed by atoms with Gasteiger partial charge in [-0.1, -0.05) is 53.3 Å². The average Bonchev–Trinajstić information content (AvgIpc) is 3.08. The van der Waals surface area contributed by atoms with Gasteiger partial charge in [-0.25, -0.2) is 9.79 Å². The molecule has 5 nitrogen and oxygen atoms in total. The summed E-state index contributed by atoms with van der Waals surface area (Å²) < 4.78 is 7.75. The molecule has 1 aliphatic heterocycles. The molecule has 170 valence electrons. The van der Waals surface area contributed by atoms with Gasteiger partial charge in [-0.15, -0.1) is 11.8 Å². The van der Waals surface area contributed by atoms with Crippen LogP contribution in [0.4, 0.5) is 0 Å². The van der Waals surface area contributed by atoms with E-state index in [0.717, 1.165) is 21.6 Å². The molecule has 0 saturated heterocycles. The van der Waals surface area contributed by atoms with E-state index in [0.29, 0.717) is 20.6 Å². The molecule has 7 heteroatoms. The van der Waals surface area contributed by atoms with Crippen LogP contribution in [-0.4, -0.2) is 22.9 Å². The number of carbonyl (C=O) groups excluding carboxylic acids is 1. The smallest absolute Gasteiger partial charge is 0.338 e. The van der Waals surface area contributed by atoms with Crippen LogP contribution < -0.4 is 14.9 Å². The van der Waals surface area contributed by atoms with E-state index in [9.17, 15) is 9.59 Å². The molecular formula is C26H26N2O3S2. The third-order valence-electron chi connectivity index (χ3n) is 5.39. The number of rotatable bonds is 5. The zero-order valence-electron chi connectivity index (χ0n) is 19.3. The monoisotopic (exact) mass is 478 g/mol. The van der Waals surface area contributed by atoms with Crippen molar-refractivity contribution in [1.82, 2.24) is 4.57 Å². The van der Waals surface area contributed by atoms with Gasteiger partial charge in [0.1, 0.15) is 0 Å². The molecule has 2 aromatic carbocycles. The minimum absolute atomic E-state index is 0.166. The van der Waals surface area contributed by atoms with Crippen LogP contribution >= 0.6 is 23.1 Å². The highest BCUT2D eigenvalue weighted by atomic mass is 32.2. The zero-order valence-corrected chi connectivity index (χ0v) is 20.9. The van der Waals surface area contributed by atoms with Crippen molar-refractivity contribution in [2.45, 2.75) is 44.7 Å². The molecule has 0 fully saturated rings. The van der Waals surface area contributed by atoms with Crippen LogP contribution in [0, 0.1) is 6.92 Å². The van der Waals surface area contributed by atoms with Crippen molar-refractivity contribution in [3.8, 4) is 0 Å². The molecule has 0 N–H and O–H groups in total. The van der Waals surface area contributed by atoms with Crippen LogP contribution in [0.2, 0.25) is 0 Å². The number of hydrogen-bond donors (Lipinski definition) is 0. The lowest BCUT2D eigenvalue weighted by molar-refractivity contribution is -0.143. The molecule has 1 aliphatic rings. The summed E-state index contributed by atoms with van der Waals surface area (Å²) in [4.78, 5) is 33.0. The van der Waals surface area contributed by atoms with E-state index in [2.05, 4.69) is 4.99 Å². The van der Waals surface area contributed by atoms with Crippen LogP contribution in [0.1, 0.15) is 43.5 Å². The first-order chi connectivity index (χ1) is 15.8. The number of esters is 1. The van der Waals surface area contributed by atoms with E-state index in [1.54, 1.807) is 23.3 Å². The highest BCUT2D eigenvalue weighted by Gasteiger charge is 2.33. The lowest BCUT2D eigenvalue weighted by atomic mass is 9.96. The number of allylic oxidation sites excluding steroid dienone is 1. The number of fused-ring (bicyclic) bond motifs is 1. The molecule has 0 bridgehead atoms. The number of benzene rings is 2. The highest BCUT2D eigenvalue weighted by molar-refractivity contribution is 7.98. The number of thioether (sulfide) groups is 1. The molecule has 0 aliphatic carbocycles. The Kier molecular flexibility index (Phi) is 6.72. The second kappa shape index (κ2) is 9.53. The quantitative estimate of drug-likeness (QED) is 0.407. The molecular weight excluding hydrogens is 452 g/mol. The second-order valence-electron chi connectivity index (χ2n) is 8.22. The van der Waals surface area contributed by atoms with Crippen LogP contribution in [0.3, 0.4) is 0 Å². The maximum absolute atomic E-state index is 13.6. The maximum Gasteiger partial charge on any atom is 0.338 e. The molecule has 0 spiro atoms. The molecule has 0 unspecified atom stereocenters. The number of carbonyl (C=O) groups is 1. The highest BCUT2D eigenvalue weighted by Crippen LogP contribution is 2.32. The van der Waals surface area contributed by atoms with E-state index in [1.165, 1.54) is 11.3 Å². The summed E-state index contributed by atoms with van der Waals surface area (Å²) in [5.41, 5.74) is 3.76. The van der Waals surface area contributed by atoms with Gasteiger partial charge in [0.2, 0.25) is 0 Å². The summed E-state index contributed by atoms with van der Waals surface area (Å²) in [6.45, 7) is 7.46. The number of thiazole rings is 1. The summed E-state index contributed by atoms with van der Waals surface area (Å²) >= 11 is 2.98. The predicted octanol–water partition coefficient (Wildman–Crippen LogP) is 4.22. The van der Waals surface area contributed by atoms with Crippen LogP contribution in [0.25, 0.3) is 6.08 Å². The fraction of sp³-hybridized carbons (Fsp3) is 0.269. The SMILES string of the molecule is CSc1ccc([C@H]2C(C(=O)OC(C)C)=C(C)N=c3s/c(=C/c4ccc(C)cc4)c(=O)n32)cc1. The fourth-order valence-corrected chi connectivity index (χ4v) is 5.23. The summed E-state index contributed by atoms with van der Waals surface area (Å²) in [6.07, 6.45) is 3.62. The number of aromatic nitrogens is 1. The van der Waals surface area contributed by atoms with Gasteiger partial charge in [-0.3, -0.25) is 9.36 Å². The van der Waals surface area contributed by atoms with Crippen molar-refractivity contribution in [2.24, 2.45) is 4.99 Å². The van der Waals surface area contributed by atoms with E-state index in [4.69, 9.17) is 4.74 Å². The standard InChI is InChI=1S/C26H26N2O3S2/c1-15(2)31-25(30)22-17(4)27-26-28(23(22)19-10-12-20(32-5)13-11-19)24(29)21(33-26)14-18-8-6-16(3)7-9-18/h6-15,23H,1-5H3/b21-14+/t23-/m0/s1. The van der Waals surface area contributed by atoms with Gasteiger partial charge in [0.15, 0.2) is 4.80 Å². The predicted molar refractivity (Wildman–Crippen MR) is 134 cm³/mol. The molecule has 0 amide bonds. The van der Waals surface area contributed by atoms with Crippen molar-refractivity contribution >= 4 is 35.1 Å². The lowest BCUT2D eigenvalue weighted by Gasteiger charge is -2.25. The minimum atomic E-state index is -0.594. The maximum atomic E-state index is 13.6. The van der Waals surface area contributed by atoms with Gasteiger partial charge in [-0.05, 0) is 63.3 Å². The van der Waals surface area contributed by atoms with E-state index in [-0.39, 0.29) is 11.7 Å². The third-order valence-corrected chi connectivity index (χ3v) is 7.12. The molecule has 3 aromatic rings. The lowest BCUT2D eigenvalue weighted by Crippen LogP contribution is -2.40. The number of aryl methyl sites for hydroxylation is 1. The van der Waals surface area contributed by atoms with Gasteiger partial charge in [0.25, 0.3) is 5.56 Å². The van der Waals surface area contributed by atoms with Crippen molar-refractivity contribution < 1.29 is 9.53 Å². The van der Waals surface area contributed by atoms with Crippen LogP contribution in [0.5, 0.6) is 0 Å². The van der Waals surface area contributed by atoms with Gasteiger partial charge in [0.05, 0.1) is 27.9 Å². The Morgan fingerprint density at radius 3 is 2.39 bits per heavy atom. The van der Waals surface area contributed by atoms with Crippen LogP contribution in [0.15, 0.2) is 74.5 Å². The average molecular weight is 479 g/mol. The van der Waals surface area contributed by atoms with Crippen molar-refractivity contribution in [3.63, 3.8) is 0 Å². The normalized spacial score (nSPS) is 16.1. The van der Waals surface area contributed by atoms with Crippen molar-refractivity contribution in [1.29, 1.82) is 0 Å². The fourth-order valence-electron chi connectivity index (χ4n) is 3.78. The molecule has 4 rings (SSSR count). The van der Waals surface area contributed by atoms with E-state index < -0.39 is 12.0 Å². The summed E-state index contributed by atoms with van der Waals surface area (Å²) in [6, 6.07) is 15.4. The topological polar surface area (TPSA) is 60.7 Å². The Labute approximate surface area is 201 Å². The van der Waals surface area contributed by atoms with Crippen molar-refractivity contribution in [3.05, 3.63) is 96.2 Å². The van der Waals surface area contributed by atoms with Gasteiger partial charge < -0.3 is 4.74 Å². The van der Waals surface area contributed by atoms with Gasteiger partial charge in [0, 0.05) is 4.90 Å². The first-order valence-electron chi connectivity index (χ1n) is 10.7. The summed E-state index contributed by atoms with van der Waals surface area (Å²) in [5, 5.41) is 0. The Bertz CT molecular complexity index is 1400. The summed E-state index contributed by atoms with van der Waals surface area (Å²) in [7, 11) is 0. The Balaban J connectivity index is 1.92. The number of hydrogen-bond acceptors (Lipinski definition) is 6. The molecule has 1 aromatic heterocycles. The second-order valence-corrected chi connectivity index (χ2v) is 10.1. The van der Waals surface area contributed by atoms with Crippen LogP contribution in [-0.2, 0) is 9.53 Å². The molecule has 33 heavy (non-hydrogen) atoms. The Hall–Kier alpha value is -2.90. The molecule has 0 radical (unpaired) electrons.